The maximum Gasteiger partial charge on any atom is 0.0737 e. The first-order valence-corrected chi connectivity index (χ1v) is 7.33. The van der Waals surface area contributed by atoms with Gasteiger partial charge in [-0.3, -0.25) is 0 Å². The zero-order chi connectivity index (χ0) is 13.0. The Hall–Kier alpha value is -0.900. The third-order valence-corrected chi connectivity index (χ3v) is 4.42. The minimum Gasteiger partial charge on any atom is -0.374 e. The fourth-order valence-corrected chi connectivity index (χ4v) is 3.18. The molecule has 1 atom stereocenters. The van der Waals surface area contributed by atoms with E-state index in [0.717, 1.165) is 19.6 Å². The van der Waals surface area contributed by atoms with Gasteiger partial charge in [0.1, 0.15) is 0 Å². The second-order valence-corrected chi connectivity index (χ2v) is 5.70. The number of nitrogens with one attached hydrogen (secondary N) is 1. The Morgan fingerprint density at radius 1 is 1.33 bits per heavy atom. The molecule has 1 heterocycles. The molecule has 1 N–H and O–H groups in total. The van der Waals surface area contributed by atoms with E-state index in [-0.39, 0.29) is 0 Å². The Morgan fingerprint density at radius 2 is 2.11 bits per heavy atom. The van der Waals surface area contributed by atoms with E-state index in [4.69, 9.17) is 4.74 Å². The summed E-state index contributed by atoms with van der Waals surface area (Å²) >= 11 is 1.87. The predicted octanol–water partition coefficient (Wildman–Crippen LogP) is 3.94. The van der Waals surface area contributed by atoms with E-state index < -0.39 is 0 Å². The van der Waals surface area contributed by atoms with Crippen LogP contribution in [0.5, 0.6) is 0 Å². The van der Waals surface area contributed by atoms with Crippen LogP contribution in [-0.4, -0.2) is 13.2 Å². The van der Waals surface area contributed by atoms with Gasteiger partial charge < -0.3 is 10.1 Å². The van der Waals surface area contributed by atoms with Gasteiger partial charge in [0.25, 0.3) is 0 Å². The van der Waals surface area contributed by atoms with E-state index >= 15 is 0 Å². The summed E-state index contributed by atoms with van der Waals surface area (Å²) in [5.41, 5.74) is 1.35. The molecule has 0 fully saturated rings. The predicted molar refractivity (Wildman–Crippen MR) is 79.1 cm³/mol. The monoisotopic (exact) mass is 263 g/mol. The fraction of sp³-hybridized carbons (Fsp3) is 0.467. The molecule has 0 amide bonds. The highest BCUT2D eigenvalue weighted by molar-refractivity contribution is 7.19. The van der Waals surface area contributed by atoms with Gasteiger partial charge in [0, 0.05) is 21.7 Å². The van der Waals surface area contributed by atoms with Crippen molar-refractivity contribution in [3.63, 3.8) is 0 Å². The van der Waals surface area contributed by atoms with Gasteiger partial charge in [0.05, 0.1) is 12.7 Å². The Morgan fingerprint density at radius 3 is 2.83 bits per heavy atom. The van der Waals surface area contributed by atoms with E-state index in [0.29, 0.717) is 6.10 Å². The minimum absolute atomic E-state index is 0.325. The maximum absolute atomic E-state index is 5.91. The van der Waals surface area contributed by atoms with Crippen molar-refractivity contribution < 1.29 is 4.74 Å². The molecule has 0 aliphatic rings. The van der Waals surface area contributed by atoms with Crippen LogP contribution in [0.4, 0.5) is 0 Å². The van der Waals surface area contributed by atoms with E-state index in [2.05, 4.69) is 43.4 Å². The van der Waals surface area contributed by atoms with E-state index in [9.17, 15) is 0 Å². The quantitative estimate of drug-likeness (QED) is 0.852. The van der Waals surface area contributed by atoms with E-state index in [1.807, 2.05) is 18.4 Å². The maximum atomic E-state index is 5.91. The highest BCUT2D eigenvalue weighted by atomic mass is 32.1. The first-order valence-electron chi connectivity index (χ1n) is 6.51. The van der Waals surface area contributed by atoms with Crippen molar-refractivity contribution in [3.05, 3.63) is 34.7 Å². The molecule has 0 spiro atoms. The topological polar surface area (TPSA) is 21.3 Å². The Labute approximate surface area is 113 Å². The summed E-state index contributed by atoms with van der Waals surface area (Å²) in [6, 6.07) is 8.58. The number of fused-ring (bicyclic) bond motifs is 1. The summed E-state index contributed by atoms with van der Waals surface area (Å²) in [6.45, 7) is 5.92. The molecular weight excluding hydrogens is 242 g/mol. The van der Waals surface area contributed by atoms with Crippen LogP contribution < -0.4 is 5.32 Å². The van der Waals surface area contributed by atoms with Crippen LogP contribution in [0, 0.1) is 0 Å². The summed E-state index contributed by atoms with van der Waals surface area (Å²) in [5, 5.41) is 4.59. The normalized spacial score (nSPS) is 13.1. The standard InChI is InChI=1S/C15H21NOS/c1-4-11(2)17-10-13-12-7-5-6-8-14(12)18-15(13)9-16-3/h5-8,11,16H,4,9-10H2,1-3H3. The SMILES string of the molecule is CCC(C)OCc1c(CNC)sc2ccccc12. The van der Waals surface area contributed by atoms with Crippen molar-refractivity contribution in [1.29, 1.82) is 0 Å². The molecule has 0 radical (unpaired) electrons. The molecule has 1 aromatic heterocycles. The minimum atomic E-state index is 0.325. The number of rotatable bonds is 6. The van der Waals surface area contributed by atoms with Crippen LogP contribution in [0.3, 0.4) is 0 Å². The van der Waals surface area contributed by atoms with Crippen molar-refractivity contribution in [1.82, 2.24) is 5.32 Å². The third-order valence-electron chi connectivity index (χ3n) is 3.21. The third kappa shape index (κ3) is 2.91. The molecule has 0 aliphatic carbocycles. The van der Waals surface area contributed by atoms with Crippen LogP contribution in [-0.2, 0) is 17.9 Å². The summed E-state index contributed by atoms with van der Waals surface area (Å²) < 4.78 is 7.26. The summed E-state index contributed by atoms with van der Waals surface area (Å²) in [4.78, 5) is 1.39. The van der Waals surface area contributed by atoms with Gasteiger partial charge in [0.15, 0.2) is 0 Å². The zero-order valence-corrected chi connectivity index (χ0v) is 12.1. The lowest BCUT2D eigenvalue weighted by molar-refractivity contribution is 0.0513. The molecule has 0 saturated carbocycles. The molecule has 2 aromatic rings. The van der Waals surface area contributed by atoms with Crippen molar-refractivity contribution in [2.45, 2.75) is 39.5 Å². The molecule has 2 rings (SSSR count). The van der Waals surface area contributed by atoms with Crippen molar-refractivity contribution in [3.8, 4) is 0 Å². The lowest BCUT2D eigenvalue weighted by atomic mass is 10.1. The van der Waals surface area contributed by atoms with E-state index in [1.54, 1.807) is 0 Å². The lowest BCUT2D eigenvalue weighted by Gasteiger charge is -2.11. The second kappa shape index (κ2) is 6.32. The Kier molecular flexibility index (Phi) is 4.75. The van der Waals surface area contributed by atoms with Crippen molar-refractivity contribution >= 4 is 21.4 Å². The summed E-state index contributed by atoms with van der Waals surface area (Å²) in [6.07, 6.45) is 1.38. The average molecular weight is 263 g/mol. The van der Waals surface area contributed by atoms with Crippen LogP contribution in [0.1, 0.15) is 30.7 Å². The number of benzene rings is 1. The van der Waals surface area contributed by atoms with Crippen LogP contribution in [0.2, 0.25) is 0 Å². The molecule has 18 heavy (non-hydrogen) atoms. The van der Waals surface area contributed by atoms with Gasteiger partial charge in [-0.25, -0.2) is 0 Å². The zero-order valence-electron chi connectivity index (χ0n) is 11.3. The molecule has 1 unspecified atom stereocenters. The molecule has 2 nitrogen and oxygen atoms in total. The number of hydrogen-bond donors (Lipinski definition) is 1. The summed E-state index contributed by atoms with van der Waals surface area (Å²) in [5.74, 6) is 0. The molecule has 0 bridgehead atoms. The van der Waals surface area contributed by atoms with Gasteiger partial charge in [0.2, 0.25) is 0 Å². The van der Waals surface area contributed by atoms with Crippen molar-refractivity contribution in [2.75, 3.05) is 7.05 Å². The largest absolute Gasteiger partial charge is 0.374 e. The van der Waals surface area contributed by atoms with Crippen molar-refractivity contribution in [2.24, 2.45) is 0 Å². The number of thiophene rings is 1. The van der Waals surface area contributed by atoms with Crippen LogP contribution >= 0.6 is 11.3 Å². The molecule has 98 valence electrons. The molecule has 0 aliphatic heterocycles. The average Bonchev–Trinajstić information content (AvgIpc) is 2.74. The second-order valence-electron chi connectivity index (χ2n) is 4.56. The lowest BCUT2D eigenvalue weighted by Crippen LogP contribution is -2.09. The Bertz CT molecular complexity index is 506. The number of ether oxygens (including phenoxy) is 1. The van der Waals surface area contributed by atoms with Gasteiger partial charge in [-0.15, -0.1) is 11.3 Å². The highest BCUT2D eigenvalue weighted by Crippen LogP contribution is 2.32. The van der Waals surface area contributed by atoms with E-state index in [1.165, 1.54) is 20.5 Å². The molecular formula is C15H21NOS. The summed E-state index contributed by atoms with van der Waals surface area (Å²) in [7, 11) is 1.99. The number of hydrogen-bond acceptors (Lipinski definition) is 3. The van der Waals surface area contributed by atoms with Crippen LogP contribution in [0.25, 0.3) is 10.1 Å². The van der Waals surface area contributed by atoms with Gasteiger partial charge >= 0.3 is 0 Å². The molecule has 3 heteroatoms. The highest BCUT2D eigenvalue weighted by Gasteiger charge is 2.12. The van der Waals surface area contributed by atoms with Gasteiger partial charge in [-0.1, -0.05) is 25.1 Å². The van der Waals surface area contributed by atoms with Gasteiger partial charge in [-0.05, 0) is 31.8 Å². The molecule has 0 saturated heterocycles. The van der Waals surface area contributed by atoms with Crippen LogP contribution in [0.15, 0.2) is 24.3 Å². The fourth-order valence-electron chi connectivity index (χ4n) is 1.95. The first-order chi connectivity index (χ1) is 8.76. The van der Waals surface area contributed by atoms with Gasteiger partial charge in [-0.2, -0.15) is 0 Å². The Balaban J connectivity index is 2.29. The first kappa shape index (κ1) is 13.5. The smallest absolute Gasteiger partial charge is 0.0737 e. The molecule has 1 aromatic carbocycles.